The SMILES string of the molecule is COc1ccc(Cl)cc1/C=C1\C(=O)N(c2ccccc2)N=C1C. The van der Waals surface area contributed by atoms with Crippen LogP contribution in [-0.2, 0) is 4.79 Å². The van der Waals surface area contributed by atoms with Crippen LogP contribution in [-0.4, -0.2) is 18.7 Å². The van der Waals surface area contributed by atoms with Crippen molar-refractivity contribution in [1.82, 2.24) is 0 Å². The molecule has 0 N–H and O–H groups in total. The Morgan fingerprint density at radius 2 is 1.91 bits per heavy atom. The van der Waals surface area contributed by atoms with Crippen LogP contribution in [0.25, 0.3) is 6.08 Å². The summed E-state index contributed by atoms with van der Waals surface area (Å²) in [5, 5.41) is 6.34. The normalized spacial score (nSPS) is 16.0. The Labute approximate surface area is 139 Å². The Bertz CT molecular complexity index is 813. The van der Waals surface area contributed by atoms with E-state index in [0.717, 1.165) is 11.3 Å². The molecule has 0 atom stereocenters. The lowest BCUT2D eigenvalue weighted by Gasteiger charge is -2.11. The summed E-state index contributed by atoms with van der Waals surface area (Å²) in [5.74, 6) is 0.483. The lowest BCUT2D eigenvalue weighted by molar-refractivity contribution is -0.114. The number of carbonyl (C=O) groups excluding carboxylic acids is 1. The number of methoxy groups -OCH3 is 1. The second-order valence-electron chi connectivity index (χ2n) is 5.08. The third-order valence-electron chi connectivity index (χ3n) is 3.55. The number of hydrazone groups is 1. The number of ether oxygens (including phenoxy) is 1. The summed E-state index contributed by atoms with van der Waals surface area (Å²) in [4.78, 5) is 12.7. The van der Waals surface area contributed by atoms with Gasteiger partial charge >= 0.3 is 0 Å². The van der Waals surface area contributed by atoms with Crippen molar-refractivity contribution >= 4 is 35.0 Å². The van der Waals surface area contributed by atoms with Crippen molar-refractivity contribution in [3.05, 3.63) is 64.7 Å². The van der Waals surface area contributed by atoms with Crippen molar-refractivity contribution in [2.75, 3.05) is 12.1 Å². The van der Waals surface area contributed by atoms with E-state index in [9.17, 15) is 4.79 Å². The quantitative estimate of drug-likeness (QED) is 0.795. The number of hydrogen-bond donors (Lipinski definition) is 0. The van der Waals surface area contributed by atoms with E-state index < -0.39 is 0 Å². The Kier molecular flexibility index (Phi) is 4.17. The summed E-state index contributed by atoms with van der Waals surface area (Å²) >= 11 is 6.05. The van der Waals surface area contributed by atoms with Crippen LogP contribution in [0.2, 0.25) is 5.02 Å². The molecule has 1 aliphatic heterocycles. The van der Waals surface area contributed by atoms with Gasteiger partial charge in [0.2, 0.25) is 0 Å². The van der Waals surface area contributed by atoms with E-state index in [-0.39, 0.29) is 5.91 Å². The molecule has 23 heavy (non-hydrogen) atoms. The molecule has 116 valence electrons. The molecule has 0 saturated carbocycles. The van der Waals surface area contributed by atoms with E-state index in [1.54, 1.807) is 31.4 Å². The molecule has 4 nitrogen and oxygen atoms in total. The largest absolute Gasteiger partial charge is 0.496 e. The van der Waals surface area contributed by atoms with Gasteiger partial charge in [-0.1, -0.05) is 29.8 Å². The first kappa shape index (κ1) is 15.3. The molecule has 0 saturated heterocycles. The Morgan fingerprint density at radius 1 is 1.17 bits per heavy atom. The molecule has 2 aromatic carbocycles. The van der Waals surface area contributed by atoms with E-state index in [0.29, 0.717) is 22.1 Å². The Balaban J connectivity index is 2.00. The average Bonchev–Trinajstić information content (AvgIpc) is 2.84. The number of anilines is 1. The topological polar surface area (TPSA) is 41.9 Å². The van der Waals surface area contributed by atoms with Crippen LogP contribution in [0, 0.1) is 0 Å². The molecule has 1 aliphatic rings. The lowest BCUT2D eigenvalue weighted by atomic mass is 10.1. The van der Waals surface area contributed by atoms with Gasteiger partial charge in [0.25, 0.3) is 5.91 Å². The fourth-order valence-corrected chi connectivity index (χ4v) is 2.58. The fraction of sp³-hybridized carbons (Fsp3) is 0.111. The smallest absolute Gasteiger partial charge is 0.280 e. The summed E-state index contributed by atoms with van der Waals surface area (Å²) in [5.41, 5.74) is 2.65. The predicted octanol–water partition coefficient (Wildman–Crippen LogP) is 4.15. The molecule has 5 heteroatoms. The van der Waals surface area contributed by atoms with Crippen molar-refractivity contribution in [2.45, 2.75) is 6.92 Å². The summed E-state index contributed by atoms with van der Waals surface area (Å²) in [6, 6.07) is 14.6. The average molecular weight is 327 g/mol. The number of para-hydroxylation sites is 1. The van der Waals surface area contributed by atoms with Gasteiger partial charge < -0.3 is 4.74 Å². The van der Waals surface area contributed by atoms with Gasteiger partial charge in [-0.2, -0.15) is 10.1 Å². The highest BCUT2D eigenvalue weighted by Crippen LogP contribution is 2.29. The zero-order valence-electron chi connectivity index (χ0n) is 12.8. The fourth-order valence-electron chi connectivity index (χ4n) is 2.40. The maximum Gasteiger partial charge on any atom is 0.280 e. The molecule has 0 unspecified atom stereocenters. The minimum Gasteiger partial charge on any atom is -0.496 e. The van der Waals surface area contributed by atoms with Crippen LogP contribution >= 0.6 is 11.6 Å². The first-order chi connectivity index (χ1) is 11.1. The molecule has 0 aromatic heterocycles. The Morgan fingerprint density at radius 3 is 2.61 bits per heavy atom. The molecular formula is C18H15ClN2O2. The van der Waals surface area contributed by atoms with E-state index in [2.05, 4.69) is 5.10 Å². The molecule has 1 heterocycles. The third-order valence-corrected chi connectivity index (χ3v) is 3.79. The highest BCUT2D eigenvalue weighted by Gasteiger charge is 2.28. The maximum atomic E-state index is 12.7. The van der Waals surface area contributed by atoms with Crippen LogP contribution in [0.3, 0.4) is 0 Å². The molecule has 0 aliphatic carbocycles. The minimum absolute atomic E-state index is 0.171. The summed E-state index contributed by atoms with van der Waals surface area (Å²) < 4.78 is 5.32. The maximum absolute atomic E-state index is 12.7. The summed E-state index contributed by atoms with van der Waals surface area (Å²) in [7, 11) is 1.58. The van der Waals surface area contributed by atoms with Crippen molar-refractivity contribution in [3.8, 4) is 5.75 Å². The van der Waals surface area contributed by atoms with Crippen molar-refractivity contribution in [1.29, 1.82) is 0 Å². The third kappa shape index (κ3) is 2.98. The molecule has 3 rings (SSSR count). The van der Waals surface area contributed by atoms with Crippen LogP contribution < -0.4 is 9.75 Å². The molecule has 1 amide bonds. The minimum atomic E-state index is -0.171. The zero-order valence-corrected chi connectivity index (χ0v) is 13.5. The van der Waals surface area contributed by atoms with E-state index in [1.165, 1.54) is 5.01 Å². The van der Waals surface area contributed by atoms with Gasteiger partial charge in [0.15, 0.2) is 0 Å². The number of carbonyl (C=O) groups is 1. The number of halogens is 1. The van der Waals surface area contributed by atoms with Gasteiger partial charge in [-0.05, 0) is 43.3 Å². The van der Waals surface area contributed by atoms with Gasteiger partial charge in [-0.15, -0.1) is 0 Å². The highest BCUT2D eigenvalue weighted by molar-refractivity contribution is 6.33. The second kappa shape index (κ2) is 6.26. The standard InChI is InChI=1S/C18H15ClN2O2/c1-12-16(11-13-10-14(19)8-9-17(13)23-2)18(22)21(20-12)15-6-4-3-5-7-15/h3-11H,1-2H3/b16-11-. The molecule has 0 fully saturated rings. The molecule has 0 radical (unpaired) electrons. The monoisotopic (exact) mass is 326 g/mol. The molecular weight excluding hydrogens is 312 g/mol. The van der Waals surface area contributed by atoms with Crippen molar-refractivity contribution in [2.24, 2.45) is 5.10 Å². The number of hydrogen-bond acceptors (Lipinski definition) is 3. The van der Waals surface area contributed by atoms with Crippen molar-refractivity contribution in [3.63, 3.8) is 0 Å². The van der Waals surface area contributed by atoms with Gasteiger partial charge in [0.1, 0.15) is 5.75 Å². The molecule has 0 spiro atoms. The first-order valence-electron chi connectivity index (χ1n) is 7.10. The second-order valence-corrected chi connectivity index (χ2v) is 5.52. The predicted molar refractivity (Wildman–Crippen MR) is 93.0 cm³/mol. The number of nitrogens with zero attached hydrogens (tertiary/aromatic N) is 2. The van der Waals surface area contributed by atoms with Gasteiger partial charge in [0, 0.05) is 10.6 Å². The van der Waals surface area contributed by atoms with Crippen LogP contribution in [0.5, 0.6) is 5.75 Å². The van der Waals surface area contributed by atoms with Gasteiger partial charge in [-0.25, -0.2) is 0 Å². The molecule has 0 bridgehead atoms. The van der Waals surface area contributed by atoms with Crippen LogP contribution in [0.4, 0.5) is 5.69 Å². The highest BCUT2D eigenvalue weighted by atomic mass is 35.5. The Hall–Kier alpha value is -2.59. The van der Waals surface area contributed by atoms with E-state index in [4.69, 9.17) is 16.3 Å². The number of benzene rings is 2. The van der Waals surface area contributed by atoms with Gasteiger partial charge in [-0.3, -0.25) is 4.79 Å². The number of rotatable bonds is 3. The lowest BCUT2D eigenvalue weighted by Crippen LogP contribution is -2.21. The number of amides is 1. The van der Waals surface area contributed by atoms with Crippen molar-refractivity contribution < 1.29 is 9.53 Å². The van der Waals surface area contributed by atoms with Gasteiger partial charge in [0.05, 0.1) is 24.1 Å². The summed E-state index contributed by atoms with van der Waals surface area (Å²) in [6.07, 6.45) is 1.76. The zero-order chi connectivity index (χ0) is 16.4. The van der Waals surface area contributed by atoms with Crippen LogP contribution in [0.15, 0.2) is 59.2 Å². The first-order valence-corrected chi connectivity index (χ1v) is 7.48. The molecule has 2 aromatic rings. The summed E-state index contributed by atoms with van der Waals surface area (Å²) in [6.45, 7) is 1.81. The van der Waals surface area contributed by atoms with E-state index >= 15 is 0 Å². The van der Waals surface area contributed by atoms with Crippen LogP contribution in [0.1, 0.15) is 12.5 Å². The van der Waals surface area contributed by atoms with E-state index in [1.807, 2.05) is 37.3 Å².